The fraction of sp³-hybridized carbons (Fsp3) is 0.538. The van der Waals surface area contributed by atoms with Gasteiger partial charge in [-0.3, -0.25) is 14.3 Å². The van der Waals surface area contributed by atoms with Crippen molar-refractivity contribution in [1.82, 2.24) is 15.1 Å². The van der Waals surface area contributed by atoms with E-state index < -0.39 is 30.3 Å². The minimum Gasteiger partial charge on any atom is -0.481 e. The molecular formula is C13H19N3O5. The van der Waals surface area contributed by atoms with Crippen molar-refractivity contribution in [3.8, 4) is 0 Å². The lowest BCUT2D eigenvalue weighted by Crippen LogP contribution is -2.42. The van der Waals surface area contributed by atoms with Gasteiger partial charge in [0.15, 0.2) is 0 Å². The Kier molecular flexibility index (Phi) is 5.45. The molecule has 1 amide bonds. The van der Waals surface area contributed by atoms with E-state index in [4.69, 9.17) is 10.2 Å². The van der Waals surface area contributed by atoms with Gasteiger partial charge in [0.25, 0.3) is 0 Å². The zero-order valence-corrected chi connectivity index (χ0v) is 12.2. The fourth-order valence-corrected chi connectivity index (χ4v) is 2.06. The van der Waals surface area contributed by atoms with Crippen LogP contribution in [-0.2, 0) is 27.9 Å². The maximum Gasteiger partial charge on any atom is 0.326 e. The summed E-state index contributed by atoms with van der Waals surface area (Å²) in [5, 5.41) is 23.9. The molecule has 1 aromatic rings. The van der Waals surface area contributed by atoms with Crippen molar-refractivity contribution in [2.24, 2.45) is 7.05 Å². The number of hydrogen-bond donors (Lipinski definition) is 3. The average Bonchev–Trinajstić information content (AvgIpc) is 2.60. The Morgan fingerprint density at radius 3 is 2.33 bits per heavy atom. The van der Waals surface area contributed by atoms with E-state index in [1.165, 1.54) is 0 Å². The van der Waals surface area contributed by atoms with Crippen LogP contribution >= 0.6 is 0 Å². The standard InChI is InChI=1S/C13H19N3O5/c1-7-9(8(2)16(3)15-7)4-5-11(17)14-10(13(20)21)6-12(18)19/h10H,4-6H2,1-3H3,(H,14,17)(H,18,19)(H,20,21)/t10-/m0/s1. The Balaban J connectivity index is 2.61. The minimum atomic E-state index is -1.41. The summed E-state index contributed by atoms with van der Waals surface area (Å²) in [6.07, 6.45) is -0.139. The lowest BCUT2D eigenvalue weighted by Gasteiger charge is -2.12. The van der Waals surface area contributed by atoms with Crippen LogP contribution in [0.15, 0.2) is 0 Å². The molecule has 0 aliphatic heterocycles. The lowest BCUT2D eigenvalue weighted by molar-refractivity contribution is -0.147. The topological polar surface area (TPSA) is 122 Å². The van der Waals surface area contributed by atoms with Crippen molar-refractivity contribution < 1.29 is 24.6 Å². The molecule has 1 heterocycles. The molecule has 0 aromatic carbocycles. The molecule has 1 atom stereocenters. The molecule has 0 aliphatic rings. The number of aromatic nitrogens is 2. The predicted octanol–water partition coefficient (Wildman–Crippen LogP) is 0.0136. The van der Waals surface area contributed by atoms with Crippen LogP contribution in [0.3, 0.4) is 0 Å². The third-order valence-corrected chi connectivity index (χ3v) is 3.27. The molecule has 21 heavy (non-hydrogen) atoms. The van der Waals surface area contributed by atoms with E-state index in [1.807, 2.05) is 13.8 Å². The Morgan fingerprint density at radius 1 is 1.29 bits per heavy atom. The van der Waals surface area contributed by atoms with Crippen LogP contribution in [0.4, 0.5) is 0 Å². The first-order valence-corrected chi connectivity index (χ1v) is 6.45. The first kappa shape index (κ1) is 16.7. The van der Waals surface area contributed by atoms with Crippen LogP contribution < -0.4 is 5.32 Å². The van der Waals surface area contributed by atoms with E-state index in [-0.39, 0.29) is 6.42 Å². The quantitative estimate of drug-likeness (QED) is 0.652. The van der Waals surface area contributed by atoms with Gasteiger partial charge in [-0.25, -0.2) is 4.79 Å². The Hall–Kier alpha value is -2.38. The smallest absolute Gasteiger partial charge is 0.326 e. The molecule has 8 nitrogen and oxygen atoms in total. The maximum absolute atomic E-state index is 11.7. The van der Waals surface area contributed by atoms with Gasteiger partial charge in [-0.15, -0.1) is 0 Å². The molecule has 0 saturated carbocycles. The molecule has 0 fully saturated rings. The normalized spacial score (nSPS) is 12.0. The fourth-order valence-electron chi connectivity index (χ4n) is 2.06. The third kappa shape index (κ3) is 4.59. The van der Waals surface area contributed by atoms with Crippen molar-refractivity contribution >= 4 is 17.8 Å². The maximum atomic E-state index is 11.7. The summed E-state index contributed by atoms with van der Waals surface area (Å²) in [5.74, 6) is -3.13. The average molecular weight is 297 g/mol. The van der Waals surface area contributed by atoms with Gasteiger partial charge in [-0.2, -0.15) is 5.10 Å². The summed E-state index contributed by atoms with van der Waals surface area (Å²) in [4.78, 5) is 33.2. The highest BCUT2D eigenvalue weighted by molar-refractivity contribution is 5.86. The van der Waals surface area contributed by atoms with Crippen LogP contribution in [0, 0.1) is 13.8 Å². The molecule has 0 aliphatic carbocycles. The summed E-state index contributed by atoms with van der Waals surface area (Å²) >= 11 is 0. The Bertz CT molecular complexity index is 564. The summed E-state index contributed by atoms with van der Waals surface area (Å²) in [7, 11) is 1.80. The van der Waals surface area contributed by atoms with Crippen LogP contribution in [0.5, 0.6) is 0 Å². The lowest BCUT2D eigenvalue weighted by atomic mass is 10.1. The molecule has 0 unspecified atom stereocenters. The first-order chi connectivity index (χ1) is 9.72. The Morgan fingerprint density at radius 2 is 1.90 bits per heavy atom. The van der Waals surface area contributed by atoms with Crippen LogP contribution in [-0.4, -0.2) is 43.9 Å². The zero-order chi connectivity index (χ0) is 16.2. The number of carboxylic acids is 2. The molecule has 0 saturated heterocycles. The molecule has 0 radical (unpaired) electrons. The van der Waals surface area contributed by atoms with Gasteiger partial charge in [0.05, 0.1) is 12.1 Å². The number of carbonyl (C=O) groups excluding carboxylic acids is 1. The molecule has 0 spiro atoms. The van der Waals surface area contributed by atoms with E-state index in [0.717, 1.165) is 17.0 Å². The van der Waals surface area contributed by atoms with Crippen LogP contribution in [0.1, 0.15) is 29.8 Å². The monoisotopic (exact) mass is 297 g/mol. The number of carbonyl (C=O) groups is 3. The van der Waals surface area contributed by atoms with Gasteiger partial charge >= 0.3 is 11.9 Å². The molecule has 0 bridgehead atoms. The largest absolute Gasteiger partial charge is 0.481 e. The van der Waals surface area contributed by atoms with Crippen molar-refractivity contribution in [1.29, 1.82) is 0 Å². The Labute approximate surface area is 121 Å². The molecular weight excluding hydrogens is 278 g/mol. The first-order valence-electron chi connectivity index (χ1n) is 6.45. The minimum absolute atomic E-state index is 0.0801. The van der Waals surface area contributed by atoms with E-state index in [9.17, 15) is 14.4 Å². The van der Waals surface area contributed by atoms with Gasteiger partial charge < -0.3 is 15.5 Å². The molecule has 1 aromatic heterocycles. The number of rotatable bonds is 7. The number of aryl methyl sites for hydroxylation is 2. The van der Waals surface area contributed by atoms with E-state index in [0.29, 0.717) is 6.42 Å². The van der Waals surface area contributed by atoms with E-state index in [2.05, 4.69) is 10.4 Å². The van der Waals surface area contributed by atoms with Gasteiger partial charge in [0.1, 0.15) is 6.04 Å². The van der Waals surface area contributed by atoms with Gasteiger partial charge in [0, 0.05) is 19.2 Å². The van der Waals surface area contributed by atoms with Crippen LogP contribution in [0.2, 0.25) is 0 Å². The van der Waals surface area contributed by atoms with Gasteiger partial charge in [-0.05, 0) is 25.8 Å². The highest BCUT2D eigenvalue weighted by atomic mass is 16.4. The number of carboxylic acid groups (broad SMARTS) is 2. The third-order valence-electron chi connectivity index (χ3n) is 3.27. The molecule has 8 heteroatoms. The van der Waals surface area contributed by atoms with Crippen molar-refractivity contribution in [2.75, 3.05) is 0 Å². The SMILES string of the molecule is Cc1nn(C)c(C)c1CCC(=O)N[C@@H](CC(=O)O)C(=O)O. The summed E-state index contributed by atoms with van der Waals surface area (Å²) < 4.78 is 1.72. The highest BCUT2D eigenvalue weighted by Gasteiger charge is 2.23. The van der Waals surface area contributed by atoms with E-state index in [1.54, 1.807) is 11.7 Å². The number of nitrogens with one attached hydrogen (secondary N) is 1. The van der Waals surface area contributed by atoms with Crippen molar-refractivity contribution in [2.45, 2.75) is 39.2 Å². The van der Waals surface area contributed by atoms with Gasteiger partial charge in [-0.1, -0.05) is 0 Å². The number of aliphatic carboxylic acids is 2. The summed E-state index contributed by atoms with van der Waals surface area (Å²) in [6, 6.07) is -1.41. The molecule has 3 N–H and O–H groups in total. The summed E-state index contributed by atoms with van der Waals surface area (Å²) in [6.45, 7) is 3.72. The second-order valence-corrected chi connectivity index (χ2v) is 4.83. The number of hydrogen-bond acceptors (Lipinski definition) is 4. The second kappa shape index (κ2) is 6.87. The predicted molar refractivity (Wildman–Crippen MR) is 72.8 cm³/mol. The molecule has 1 rings (SSSR count). The van der Waals surface area contributed by atoms with Crippen LogP contribution in [0.25, 0.3) is 0 Å². The van der Waals surface area contributed by atoms with Crippen molar-refractivity contribution in [3.05, 3.63) is 17.0 Å². The zero-order valence-electron chi connectivity index (χ0n) is 12.2. The highest BCUT2D eigenvalue weighted by Crippen LogP contribution is 2.14. The number of amides is 1. The molecule has 116 valence electrons. The summed E-state index contributed by atoms with van der Waals surface area (Å²) in [5.41, 5.74) is 2.71. The second-order valence-electron chi connectivity index (χ2n) is 4.83. The number of nitrogens with zero attached hydrogens (tertiary/aromatic N) is 2. The van der Waals surface area contributed by atoms with Crippen molar-refractivity contribution in [3.63, 3.8) is 0 Å². The van der Waals surface area contributed by atoms with E-state index >= 15 is 0 Å². The van der Waals surface area contributed by atoms with Gasteiger partial charge in [0.2, 0.25) is 5.91 Å².